The second-order valence-electron chi connectivity index (χ2n) is 9.21. The summed E-state index contributed by atoms with van der Waals surface area (Å²) in [7, 11) is 0. The third kappa shape index (κ3) is 4.21. The van der Waals surface area contributed by atoms with Crippen LogP contribution in [0.2, 0.25) is 0 Å². The van der Waals surface area contributed by atoms with Crippen LogP contribution in [-0.2, 0) is 14.3 Å². The highest BCUT2D eigenvalue weighted by Crippen LogP contribution is 2.33. The lowest BCUT2D eigenvalue weighted by molar-refractivity contribution is -0.155. The Labute approximate surface area is 210 Å². The van der Waals surface area contributed by atoms with Gasteiger partial charge in [0, 0.05) is 18.4 Å². The number of imidazole rings is 1. The minimum atomic E-state index is -1.61. The van der Waals surface area contributed by atoms with Crippen LogP contribution in [0.15, 0.2) is 43.0 Å². The van der Waals surface area contributed by atoms with Crippen molar-refractivity contribution in [2.45, 2.75) is 43.9 Å². The number of carbonyl (C=O) groups is 1. The van der Waals surface area contributed by atoms with Crippen molar-refractivity contribution in [1.82, 2.24) is 29.3 Å². The predicted octanol–water partition coefficient (Wildman–Crippen LogP) is 0.892. The van der Waals surface area contributed by atoms with E-state index in [1.54, 1.807) is 12.4 Å². The highest BCUT2D eigenvalue weighted by molar-refractivity contribution is 5.84. The van der Waals surface area contributed by atoms with Crippen molar-refractivity contribution < 1.29 is 29.6 Å². The molecule has 2 aliphatic rings. The summed E-state index contributed by atoms with van der Waals surface area (Å²) in [5.41, 5.74) is 3.68. The molecule has 0 spiro atoms. The first kappa shape index (κ1) is 23.5. The molecular weight excluding hydrogens is 482 g/mol. The van der Waals surface area contributed by atoms with E-state index in [4.69, 9.17) is 9.47 Å². The molecule has 0 bridgehead atoms. The Morgan fingerprint density at radius 2 is 1.95 bits per heavy atom. The number of fused-ring (bicyclic) bond motifs is 1. The molecule has 1 aromatic carbocycles. The number of nitrogens with zero attached hydrogens (tertiary/aromatic N) is 6. The van der Waals surface area contributed by atoms with Crippen LogP contribution in [0.4, 0.5) is 5.82 Å². The number of nitrogens with one attached hydrogen (secondary N) is 1. The molecule has 192 valence electrons. The largest absolute Gasteiger partial charge is 0.479 e. The van der Waals surface area contributed by atoms with Gasteiger partial charge in [0.1, 0.15) is 12.2 Å². The molecular formula is C24H25N7O6. The van der Waals surface area contributed by atoms with Crippen molar-refractivity contribution >= 4 is 23.0 Å². The summed E-state index contributed by atoms with van der Waals surface area (Å²) in [6, 6.07) is 8.07. The smallest absolute Gasteiger partial charge is 0.335 e. The Hall–Kier alpha value is -3.91. The summed E-state index contributed by atoms with van der Waals surface area (Å²) in [5.74, 6) is -0.709. The average molecular weight is 508 g/mol. The molecule has 2 aliphatic heterocycles. The molecule has 13 heteroatoms. The van der Waals surface area contributed by atoms with E-state index in [2.05, 4.69) is 25.4 Å². The minimum Gasteiger partial charge on any atom is -0.479 e. The first-order chi connectivity index (χ1) is 17.9. The Balaban J connectivity index is 1.43. The monoisotopic (exact) mass is 507 g/mol. The number of rotatable bonds is 6. The van der Waals surface area contributed by atoms with Crippen LogP contribution in [0.25, 0.3) is 28.2 Å². The van der Waals surface area contributed by atoms with Gasteiger partial charge in [-0.3, -0.25) is 4.57 Å². The lowest BCUT2D eigenvalue weighted by atomic mass is 10.1. The van der Waals surface area contributed by atoms with Gasteiger partial charge in [-0.15, -0.1) is 0 Å². The zero-order chi connectivity index (χ0) is 25.7. The first-order valence-electron chi connectivity index (χ1n) is 11.8. The Kier molecular flexibility index (Phi) is 5.83. The molecule has 37 heavy (non-hydrogen) atoms. The summed E-state index contributed by atoms with van der Waals surface area (Å²) >= 11 is 0. The van der Waals surface area contributed by atoms with Crippen molar-refractivity contribution in [2.75, 3.05) is 18.5 Å². The van der Waals surface area contributed by atoms with Crippen LogP contribution < -0.4 is 5.32 Å². The molecule has 2 fully saturated rings. The van der Waals surface area contributed by atoms with Crippen LogP contribution in [-0.4, -0.2) is 88.2 Å². The van der Waals surface area contributed by atoms with Crippen molar-refractivity contribution in [3.63, 3.8) is 0 Å². The standard InChI is InChI=1S/C24H25N7O6/c1-12-2-4-13(5-3-12)14-8-26-31(9-14)24-28-20(27-15-6-7-36-10-15)16-21(29-24)30(11-25-16)22-18(33)17(32)19(37-22)23(34)35/h2-5,8-9,11,15,17-19,22,32-33H,6-7,10H2,1H3,(H,34,35)(H,27,28,29)/t15-,17-,18+,19+,22-/m1/s1. The van der Waals surface area contributed by atoms with Gasteiger partial charge in [-0.2, -0.15) is 15.1 Å². The third-order valence-electron chi connectivity index (χ3n) is 6.61. The number of carboxylic acid groups (broad SMARTS) is 1. The van der Waals surface area contributed by atoms with Gasteiger partial charge >= 0.3 is 5.97 Å². The van der Waals surface area contributed by atoms with E-state index in [9.17, 15) is 20.1 Å². The number of aromatic nitrogens is 6. The molecule has 0 aliphatic carbocycles. The summed E-state index contributed by atoms with van der Waals surface area (Å²) < 4.78 is 13.9. The van der Waals surface area contributed by atoms with Crippen LogP contribution >= 0.6 is 0 Å². The molecule has 13 nitrogen and oxygen atoms in total. The number of hydrogen-bond acceptors (Lipinski definition) is 10. The summed E-state index contributed by atoms with van der Waals surface area (Å²) in [4.78, 5) is 25.2. The van der Waals surface area contributed by atoms with Crippen LogP contribution in [0.3, 0.4) is 0 Å². The molecule has 4 N–H and O–H groups in total. The molecule has 0 amide bonds. The van der Waals surface area contributed by atoms with Crippen molar-refractivity contribution in [2.24, 2.45) is 0 Å². The van der Waals surface area contributed by atoms with Gasteiger partial charge in [0.2, 0.25) is 0 Å². The Bertz CT molecular complexity index is 1450. The molecule has 0 unspecified atom stereocenters. The number of aliphatic hydroxyl groups excluding tert-OH is 2. The van der Waals surface area contributed by atoms with Gasteiger partial charge in [-0.25, -0.2) is 14.5 Å². The van der Waals surface area contributed by atoms with E-state index in [0.29, 0.717) is 24.5 Å². The number of aliphatic carboxylic acids is 1. The lowest BCUT2D eigenvalue weighted by Crippen LogP contribution is -2.35. The lowest BCUT2D eigenvalue weighted by Gasteiger charge is -2.17. The maximum Gasteiger partial charge on any atom is 0.335 e. The van der Waals surface area contributed by atoms with Gasteiger partial charge in [0.25, 0.3) is 5.95 Å². The minimum absolute atomic E-state index is 0.0170. The maximum atomic E-state index is 11.5. The third-order valence-corrected chi connectivity index (χ3v) is 6.61. The van der Waals surface area contributed by atoms with Crippen LogP contribution in [0.5, 0.6) is 0 Å². The fourth-order valence-corrected chi connectivity index (χ4v) is 4.56. The molecule has 6 rings (SSSR count). The van der Waals surface area contributed by atoms with Gasteiger partial charge < -0.3 is 30.1 Å². The first-order valence-corrected chi connectivity index (χ1v) is 11.8. The number of hydrogen-bond donors (Lipinski definition) is 4. The highest BCUT2D eigenvalue weighted by atomic mass is 16.6. The van der Waals surface area contributed by atoms with Gasteiger partial charge in [-0.05, 0) is 18.9 Å². The number of carboxylic acids is 1. The Morgan fingerprint density at radius 1 is 1.14 bits per heavy atom. The number of benzene rings is 1. The van der Waals surface area contributed by atoms with Gasteiger partial charge in [0.15, 0.2) is 29.3 Å². The van der Waals surface area contributed by atoms with E-state index in [0.717, 1.165) is 23.1 Å². The van der Waals surface area contributed by atoms with E-state index < -0.39 is 30.5 Å². The van der Waals surface area contributed by atoms with Crippen molar-refractivity contribution in [3.05, 3.63) is 48.5 Å². The van der Waals surface area contributed by atoms with E-state index in [1.165, 1.54) is 15.6 Å². The summed E-state index contributed by atoms with van der Waals surface area (Å²) in [6.07, 6.45) is -0.233. The normalized spacial score (nSPS) is 25.6. The fraction of sp³-hybridized carbons (Fsp3) is 0.375. The van der Waals surface area contributed by atoms with Gasteiger partial charge in [-0.1, -0.05) is 29.8 Å². The quantitative estimate of drug-likeness (QED) is 0.292. The highest BCUT2D eigenvalue weighted by Gasteiger charge is 2.48. The number of aliphatic hydroxyl groups is 2. The summed E-state index contributed by atoms with van der Waals surface area (Å²) in [6.45, 7) is 3.16. The van der Waals surface area contributed by atoms with Crippen LogP contribution in [0.1, 0.15) is 18.2 Å². The average Bonchev–Trinajstić information content (AvgIpc) is 3.68. The maximum absolute atomic E-state index is 11.5. The SMILES string of the molecule is Cc1ccc(-c2cnn(-c3nc(N[C@@H]4CCOC4)c4ncn([C@@H]5O[C@H](C(=O)O)[C@H](O)[C@@H]5O)c4n3)c2)cc1. The molecule has 4 aromatic rings. The number of ether oxygens (including phenoxy) is 2. The second kappa shape index (κ2) is 9.19. The van der Waals surface area contributed by atoms with E-state index >= 15 is 0 Å². The fourth-order valence-electron chi connectivity index (χ4n) is 4.56. The molecule has 5 atom stereocenters. The second-order valence-corrected chi connectivity index (χ2v) is 9.21. The molecule has 5 heterocycles. The number of anilines is 1. The van der Waals surface area contributed by atoms with Gasteiger partial charge in [0.05, 0.1) is 25.2 Å². The Morgan fingerprint density at radius 3 is 2.65 bits per heavy atom. The predicted molar refractivity (Wildman–Crippen MR) is 129 cm³/mol. The molecule has 2 saturated heterocycles. The van der Waals surface area contributed by atoms with Crippen LogP contribution in [0, 0.1) is 6.92 Å². The summed E-state index contributed by atoms with van der Waals surface area (Å²) in [5, 5.41) is 37.9. The van der Waals surface area contributed by atoms with Crippen molar-refractivity contribution in [3.8, 4) is 17.1 Å². The number of aryl methyl sites for hydroxylation is 1. The zero-order valence-corrected chi connectivity index (χ0v) is 19.8. The van der Waals surface area contributed by atoms with E-state index in [1.807, 2.05) is 31.2 Å². The molecule has 0 radical (unpaired) electrons. The molecule has 0 saturated carbocycles. The molecule has 3 aromatic heterocycles. The zero-order valence-electron chi connectivity index (χ0n) is 19.8. The van der Waals surface area contributed by atoms with E-state index in [-0.39, 0.29) is 17.6 Å². The topological polar surface area (TPSA) is 170 Å². The van der Waals surface area contributed by atoms with Crippen molar-refractivity contribution in [1.29, 1.82) is 0 Å².